The molecule has 0 aliphatic carbocycles. The number of aliphatic hydroxyl groups is 1. The average molecular weight is 218 g/mol. The van der Waals surface area contributed by atoms with Gasteiger partial charge in [0.1, 0.15) is 0 Å². The summed E-state index contributed by atoms with van der Waals surface area (Å²) in [6.07, 6.45) is 0.394. The highest BCUT2D eigenvalue weighted by atomic mass is 16.3. The maximum absolute atomic E-state index is 12.1. The first-order chi connectivity index (χ1) is 7.50. The smallest absolute Gasteiger partial charge is 0.276 e. The van der Waals surface area contributed by atoms with Crippen molar-refractivity contribution in [2.24, 2.45) is 5.10 Å². The van der Waals surface area contributed by atoms with E-state index in [4.69, 9.17) is 0 Å². The highest BCUT2D eigenvalue weighted by Gasteiger charge is 2.39. The fraction of sp³-hybridized carbons (Fsp3) is 0.333. The number of rotatable bonds is 1. The number of amides is 1. The third-order valence-corrected chi connectivity index (χ3v) is 2.53. The summed E-state index contributed by atoms with van der Waals surface area (Å²) in [5.74, 6) is -0.276. The van der Waals surface area contributed by atoms with E-state index in [0.717, 1.165) is 10.7 Å². The molecular weight excluding hydrogens is 204 g/mol. The highest BCUT2D eigenvalue weighted by molar-refractivity contribution is 5.97. The molecular formula is C12H14N2O2. The molecule has 0 radical (unpaired) electrons. The lowest BCUT2D eigenvalue weighted by molar-refractivity contribution is -0.0553. The van der Waals surface area contributed by atoms with Crippen LogP contribution in [-0.2, 0) is 0 Å². The van der Waals surface area contributed by atoms with Crippen molar-refractivity contribution in [1.29, 1.82) is 0 Å². The van der Waals surface area contributed by atoms with Crippen LogP contribution < -0.4 is 0 Å². The average Bonchev–Trinajstić information content (AvgIpc) is 2.52. The summed E-state index contributed by atoms with van der Waals surface area (Å²) in [6, 6.07) is 8.83. The lowest BCUT2D eigenvalue weighted by Gasteiger charge is -2.26. The van der Waals surface area contributed by atoms with Crippen molar-refractivity contribution in [3.05, 3.63) is 35.9 Å². The first-order valence-corrected chi connectivity index (χ1v) is 5.17. The molecule has 1 atom stereocenters. The molecule has 1 heterocycles. The van der Waals surface area contributed by atoms with Gasteiger partial charge in [-0.3, -0.25) is 4.79 Å². The Morgan fingerprint density at radius 3 is 2.56 bits per heavy atom. The zero-order valence-electron chi connectivity index (χ0n) is 9.34. The van der Waals surface area contributed by atoms with Gasteiger partial charge in [-0.2, -0.15) is 10.1 Å². The minimum atomic E-state index is -1.21. The molecule has 0 spiro atoms. The van der Waals surface area contributed by atoms with Gasteiger partial charge in [0.25, 0.3) is 5.91 Å². The Balaban J connectivity index is 2.30. The van der Waals surface area contributed by atoms with Crippen molar-refractivity contribution >= 4 is 11.6 Å². The van der Waals surface area contributed by atoms with Crippen molar-refractivity contribution in [3.8, 4) is 0 Å². The number of nitrogens with zero attached hydrogens (tertiary/aromatic N) is 2. The number of carbonyl (C=O) groups is 1. The predicted molar refractivity (Wildman–Crippen MR) is 61.0 cm³/mol. The lowest BCUT2D eigenvalue weighted by Crippen LogP contribution is -2.43. The van der Waals surface area contributed by atoms with Gasteiger partial charge in [0.15, 0.2) is 5.72 Å². The second-order valence-electron chi connectivity index (χ2n) is 4.21. The fourth-order valence-electron chi connectivity index (χ4n) is 1.84. The minimum absolute atomic E-state index is 0.276. The van der Waals surface area contributed by atoms with Crippen LogP contribution in [0.4, 0.5) is 0 Å². The number of hydrogen-bond donors (Lipinski definition) is 1. The van der Waals surface area contributed by atoms with Crippen LogP contribution in [0.3, 0.4) is 0 Å². The van der Waals surface area contributed by atoms with Crippen LogP contribution in [0.1, 0.15) is 30.6 Å². The van der Waals surface area contributed by atoms with Crippen LogP contribution in [0.15, 0.2) is 35.4 Å². The third kappa shape index (κ3) is 1.84. The SMILES string of the molecule is CC1=NN(C(=O)c2ccccc2)[C@@](C)(O)C1. The monoisotopic (exact) mass is 218 g/mol. The zero-order chi connectivity index (χ0) is 11.8. The van der Waals surface area contributed by atoms with E-state index in [0.29, 0.717) is 12.0 Å². The summed E-state index contributed by atoms with van der Waals surface area (Å²) in [4.78, 5) is 12.1. The van der Waals surface area contributed by atoms with E-state index in [-0.39, 0.29) is 5.91 Å². The van der Waals surface area contributed by atoms with E-state index in [2.05, 4.69) is 5.10 Å². The predicted octanol–water partition coefficient (Wildman–Crippen LogP) is 1.62. The molecule has 4 nitrogen and oxygen atoms in total. The Hall–Kier alpha value is -1.68. The molecule has 2 rings (SSSR count). The van der Waals surface area contributed by atoms with Crippen molar-refractivity contribution in [2.75, 3.05) is 0 Å². The molecule has 4 heteroatoms. The molecule has 0 fully saturated rings. The second kappa shape index (κ2) is 3.72. The molecule has 0 aromatic heterocycles. The first-order valence-electron chi connectivity index (χ1n) is 5.17. The summed E-state index contributed by atoms with van der Waals surface area (Å²) in [5, 5.41) is 15.3. The van der Waals surface area contributed by atoms with E-state index in [1.807, 2.05) is 6.07 Å². The van der Waals surface area contributed by atoms with Gasteiger partial charge in [-0.15, -0.1) is 0 Å². The van der Waals surface area contributed by atoms with E-state index >= 15 is 0 Å². The zero-order valence-corrected chi connectivity index (χ0v) is 9.34. The third-order valence-electron chi connectivity index (χ3n) is 2.53. The number of hydrogen-bond acceptors (Lipinski definition) is 3. The van der Waals surface area contributed by atoms with Gasteiger partial charge < -0.3 is 5.11 Å². The molecule has 1 amide bonds. The van der Waals surface area contributed by atoms with Crippen LogP contribution in [0.5, 0.6) is 0 Å². The molecule has 1 aromatic rings. The van der Waals surface area contributed by atoms with Gasteiger partial charge >= 0.3 is 0 Å². The van der Waals surface area contributed by atoms with E-state index < -0.39 is 5.72 Å². The number of benzene rings is 1. The Morgan fingerprint density at radius 2 is 2.06 bits per heavy atom. The molecule has 1 aromatic carbocycles. The molecule has 1 aliphatic heterocycles. The Morgan fingerprint density at radius 1 is 1.44 bits per heavy atom. The molecule has 1 N–H and O–H groups in total. The Kier molecular flexibility index (Phi) is 2.52. The Labute approximate surface area is 94.2 Å². The quantitative estimate of drug-likeness (QED) is 0.778. The summed E-state index contributed by atoms with van der Waals surface area (Å²) < 4.78 is 0. The van der Waals surface area contributed by atoms with Crippen LogP contribution in [0, 0.1) is 0 Å². The van der Waals surface area contributed by atoms with Crippen molar-refractivity contribution in [3.63, 3.8) is 0 Å². The fourth-order valence-corrected chi connectivity index (χ4v) is 1.84. The summed E-state index contributed by atoms with van der Waals surface area (Å²) in [5.41, 5.74) is 0.0762. The summed E-state index contributed by atoms with van der Waals surface area (Å²) in [6.45, 7) is 3.39. The standard InChI is InChI=1S/C12H14N2O2/c1-9-8-12(2,16)14(13-9)11(15)10-6-4-3-5-7-10/h3-7,16H,8H2,1-2H3/t12-/m0/s1. The van der Waals surface area contributed by atoms with Crippen molar-refractivity contribution < 1.29 is 9.90 Å². The van der Waals surface area contributed by atoms with Crippen LogP contribution in [-0.4, -0.2) is 27.5 Å². The van der Waals surface area contributed by atoms with E-state index in [1.54, 1.807) is 38.1 Å². The van der Waals surface area contributed by atoms with Gasteiger partial charge in [0.05, 0.1) is 0 Å². The normalized spacial score (nSPS) is 24.4. The molecule has 1 aliphatic rings. The minimum Gasteiger partial charge on any atom is -0.369 e. The maximum atomic E-state index is 12.1. The molecule has 84 valence electrons. The highest BCUT2D eigenvalue weighted by Crippen LogP contribution is 2.26. The first kappa shape index (κ1) is 10.8. The van der Waals surface area contributed by atoms with Gasteiger partial charge in [0.2, 0.25) is 0 Å². The van der Waals surface area contributed by atoms with E-state index in [1.165, 1.54) is 0 Å². The number of hydrazone groups is 1. The lowest BCUT2D eigenvalue weighted by atomic mass is 10.1. The Bertz CT molecular complexity index is 438. The van der Waals surface area contributed by atoms with Gasteiger partial charge in [-0.25, -0.2) is 0 Å². The molecule has 0 unspecified atom stereocenters. The second-order valence-corrected chi connectivity index (χ2v) is 4.21. The van der Waals surface area contributed by atoms with Gasteiger partial charge in [0, 0.05) is 17.7 Å². The number of carbonyl (C=O) groups excluding carboxylic acids is 1. The molecule has 0 bridgehead atoms. The molecule has 0 saturated heterocycles. The van der Waals surface area contributed by atoms with Crippen molar-refractivity contribution in [2.45, 2.75) is 26.0 Å². The maximum Gasteiger partial charge on any atom is 0.276 e. The largest absolute Gasteiger partial charge is 0.369 e. The molecule has 16 heavy (non-hydrogen) atoms. The summed E-state index contributed by atoms with van der Waals surface area (Å²) in [7, 11) is 0. The van der Waals surface area contributed by atoms with Crippen LogP contribution in [0.25, 0.3) is 0 Å². The van der Waals surface area contributed by atoms with Crippen molar-refractivity contribution in [1.82, 2.24) is 5.01 Å². The van der Waals surface area contributed by atoms with Crippen LogP contribution in [0.2, 0.25) is 0 Å². The van der Waals surface area contributed by atoms with Gasteiger partial charge in [-0.05, 0) is 26.0 Å². The summed E-state index contributed by atoms with van der Waals surface area (Å²) >= 11 is 0. The molecule has 0 saturated carbocycles. The van der Waals surface area contributed by atoms with Crippen LogP contribution >= 0.6 is 0 Å². The van der Waals surface area contributed by atoms with Gasteiger partial charge in [-0.1, -0.05) is 18.2 Å². The van der Waals surface area contributed by atoms with E-state index in [9.17, 15) is 9.90 Å². The topological polar surface area (TPSA) is 52.9 Å².